The van der Waals surface area contributed by atoms with Crippen molar-refractivity contribution in [1.29, 1.82) is 0 Å². The van der Waals surface area contributed by atoms with Crippen LogP contribution in [0.5, 0.6) is 11.5 Å². The van der Waals surface area contributed by atoms with E-state index in [1.165, 1.54) is 11.8 Å². The summed E-state index contributed by atoms with van der Waals surface area (Å²) in [4.78, 5) is 12.6. The molecule has 8 nitrogen and oxygen atoms in total. The molecule has 0 aliphatic rings. The summed E-state index contributed by atoms with van der Waals surface area (Å²) in [6, 6.07) is 33.2. The maximum Gasteiger partial charge on any atom is 0.250 e. The Kier molecular flexibility index (Phi) is 9.08. The number of rotatable bonds is 11. The highest BCUT2D eigenvalue weighted by Crippen LogP contribution is 2.29. The standard InChI is InChI=1S/C32H29N5O3S/c1-23-11-15-27(16-12-23)37-31(26-13-17-28(39-2)18-14-26)35-36-32(37)41-22-30(38)34-33-20-25-9-6-10-29(19-25)40-21-24-7-4-3-5-8-24/h3-20H,21-22H2,1-2H3,(H,34,38)/b33-20-. The highest BCUT2D eigenvalue weighted by Gasteiger charge is 2.17. The predicted octanol–water partition coefficient (Wildman–Crippen LogP) is 6.07. The van der Waals surface area contributed by atoms with Crippen LogP contribution in [0.15, 0.2) is 113 Å². The zero-order valence-electron chi connectivity index (χ0n) is 22.7. The van der Waals surface area contributed by atoms with Crippen LogP contribution in [0.25, 0.3) is 17.1 Å². The lowest BCUT2D eigenvalue weighted by Gasteiger charge is -2.11. The Morgan fingerprint density at radius 3 is 2.46 bits per heavy atom. The number of amides is 1. The number of nitrogens with zero attached hydrogens (tertiary/aromatic N) is 4. The SMILES string of the molecule is COc1ccc(-c2nnc(SCC(=O)N/N=C\c3cccc(OCc4ccccc4)c3)n2-c2ccc(C)cc2)cc1. The Bertz CT molecular complexity index is 1620. The second kappa shape index (κ2) is 13.5. The number of methoxy groups -OCH3 is 1. The molecule has 1 amide bonds. The maximum atomic E-state index is 12.6. The summed E-state index contributed by atoms with van der Waals surface area (Å²) in [6.45, 7) is 2.51. The molecule has 0 saturated carbocycles. The summed E-state index contributed by atoms with van der Waals surface area (Å²) >= 11 is 1.29. The summed E-state index contributed by atoms with van der Waals surface area (Å²) in [5, 5.41) is 13.6. The molecule has 1 N–H and O–H groups in total. The summed E-state index contributed by atoms with van der Waals surface area (Å²) in [6.07, 6.45) is 1.59. The maximum absolute atomic E-state index is 12.6. The van der Waals surface area contributed by atoms with Gasteiger partial charge in [-0.3, -0.25) is 9.36 Å². The molecule has 1 aromatic heterocycles. The van der Waals surface area contributed by atoms with Crippen molar-refractivity contribution in [3.8, 4) is 28.6 Å². The van der Waals surface area contributed by atoms with Gasteiger partial charge in [-0.25, -0.2) is 5.43 Å². The van der Waals surface area contributed by atoms with E-state index in [1.807, 2.05) is 115 Å². The monoisotopic (exact) mass is 563 g/mol. The summed E-state index contributed by atoms with van der Waals surface area (Å²) in [7, 11) is 1.63. The molecule has 0 fully saturated rings. The molecular formula is C32H29N5O3S. The summed E-state index contributed by atoms with van der Waals surface area (Å²) in [5.74, 6) is 2.01. The number of benzene rings is 4. The van der Waals surface area contributed by atoms with Gasteiger partial charge in [-0.2, -0.15) is 5.10 Å². The number of aromatic nitrogens is 3. The molecular weight excluding hydrogens is 534 g/mol. The van der Waals surface area contributed by atoms with Gasteiger partial charge in [0.15, 0.2) is 11.0 Å². The molecule has 9 heteroatoms. The zero-order chi connectivity index (χ0) is 28.4. The first-order valence-electron chi connectivity index (χ1n) is 13.0. The molecule has 0 spiro atoms. The van der Waals surface area contributed by atoms with Gasteiger partial charge in [0.2, 0.25) is 0 Å². The molecule has 4 aromatic carbocycles. The Balaban J connectivity index is 1.23. The molecule has 0 atom stereocenters. The summed E-state index contributed by atoms with van der Waals surface area (Å²) in [5.41, 5.74) is 7.43. The molecule has 5 rings (SSSR count). The minimum atomic E-state index is -0.257. The molecule has 1 heterocycles. The van der Waals surface area contributed by atoms with Gasteiger partial charge in [0.05, 0.1) is 19.1 Å². The van der Waals surface area contributed by atoms with Gasteiger partial charge in [-0.1, -0.05) is 71.9 Å². The number of hydrazone groups is 1. The van der Waals surface area contributed by atoms with E-state index in [0.29, 0.717) is 17.6 Å². The number of carbonyl (C=O) groups is 1. The third-order valence-corrected chi connectivity index (χ3v) is 7.04. The molecule has 206 valence electrons. The van der Waals surface area contributed by atoms with Gasteiger partial charge in [0, 0.05) is 11.3 Å². The topological polar surface area (TPSA) is 90.6 Å². The number of aryl methyl sites for hydroxylation is 1. The number of ether oxygens (including phenoxy) is 2. The van der Waals surface area contributed by atoms with Crippen LogP contribution < -0.4 is 14.9 Å². The molecule has 0 saturated heterocycles. The second-order valence-corrected chi connectivity index (χ2v) is 10.1. The van der Waals surface area contributed by atoms with Crippen LogP contribution in [-0.4, -0.2) is 39.7 Å². The average molecular weight is 564 g/mol. The summed E-state index contributed by atoms with van der Waals surface area (Å²) < 4.78 is 13.1. The first-order valence-corrected chi connectivity index (χ1v) is 14.0. The highest BCUT2D eigenvalue weighted by atomic mass is 32.2. The van der Waals surface area contributed by atoms with E-state index in [9.17, 15) is 4.79 Å². The lowest BCUT2D eigenvalue weighted by Crippen LogP contribution is -2.20. The largest absolute Gasteiger partial charge is 0.497 e. The minimum Gasteiger partial charge on any atom is -0.497 e. The lowest BCUT2D eigenvalue weighted by atomic mass is 10.2. The van der Waals surface area contributed by atoms with E-state index in [2.05, 4.69) is 20.7 Å². The molecule has 0 unspecified atom stereocenters. The first-order chi connectivity index (χ1) is 20.1. The predicted molar refractivity (Wildman–Crippen MR) is 162 cm³/mol. The number of thioether (sulfide) groups is 1. The van der Waals surface area contributed by atoms with E-state index in [0.717, 1.165) is 39.4 Å². The molecule has 5 aromatic rings. The van der Waals surface area contributed by atoms with E-state index in [1.54, 1.807) is 13.3 Å². The van der Waals surface area contributed by atoms with Crippen molar-refractivity contribution in [2.24, 2.45) is 5.10 Å². The Labute approximate surface area is 243 Å². The van der Waals surface area contributed by atoms with Crippen molar-refractivity contribution in [2.75, 3.05) is 12.9 Å². The quantitative estimate of drug-likeness (QED) is 0.119. The normalized spacial score (nSPS) is 11.0. The third-order valence-electron chi connectivity index (χ3n) is 6.12. The average Bonchev–Trinajstić information content (AvgIpc) is 3.44. The van der Waals surface area contributed by atoms with Crippen LogP contribution in [0, 0.1) is 6.92 Å². The van der Waals surface area contributed by atoms with Gasteiger partial charge in [0.1, 0.15) is 18.1 Å². The molecule has 0 radical (unpaired) electrons. The number of nitrogens with one attached hydrogen (secondary N) is 1. The fraction of sp³-hybridized carbons (Fsp3) is 0.125. The van der Waals surface area contributed by atoms with Gasteiger partial charge < -0.3 is 9.47 Å². The smallest absolute Gasteiger partial charge is 0.250 e. The van der Waals surface area contributed by atoms with Crippen molar-refractivity contribution in [3.63, 3.8) is 0 Å². The van der Waals surface area contributed by atoms with E-state index in [-0.39, 0.29) is 11.7 Å². The zero-order valence-corrected chi connectivity index (χ0v) is 23.5. The van der Waals surface area contributed by atoms with Gasteiger partial charge in [0.25, 0.3) is 5.91 Å². The number of hydrogen-bond donors (Lipinski definition) is 1. The van der Waals surface area contributed by atoms with Crippen molar-refractivity contribution >= 4 is 23.9 Å². The fourth-order valence-corrected chi connectivity index (χ4v) is 4.73. The number of hydrogen-bond acceptors (Lipinski definition) is 7. The number of carbonyl (C=O) groups excluding carboxylic acids is 1. The molecule has 0 aliphatic heterocycles. The van der Waals surface area contributed by atoms with Crippen molar-refractivity contribution in [2.45, 2.75) is 18.7 Å². The van der Waals surface area contributed by atoms with Crippen LogP contribution in [0.1, 0.15) is 16.7 Å². The van der Waals surface area contributed by atoms with Gasteiger partial charge in [-0.15, -0.1) is 10.2 Å². The van der Waals surface area contributed by atoms with Crippen molar-refractivity contribution < 1.29 is 14.3 Å². The molecule has 41 heavy (non-hydrogen) atoms. The van der Waals surface area contributed by atoms with E-state index >= 15 is 0 Å². The Morgan fingerprint density at radius 1 is 0.927 bits per heavy atom. The van der Waals surface area contributed by atoms with Crippen molar-refractivity contribution in [3.05, 3.63) is 120 Å². The second-order valence-electron chi connectivity index (χ2n) is 9.13. The minimum absolute atomic E-state index is 0.115. The molecule has 0 bridgehead atoms. The van der Waals surface area contributed by atoms with E-state index < -0.39 is 0 Å². The van der Waals surface area contributed by atoms with Crippen molar-refractivity contribution in [1.82, 2.24) is 20.2 Å². The lowest BCUT2D eigenvalue weighted by molar-refractivity contribution is -0.118. The van der Waals surface area contributed by atoms with Gasteiger partial charge in [-0.05, 0) is 66.6 Å². The first kappa shape index (κ1) is 27.7. The highest BCUT2D eigenvalue weighted by molar-refractivity contribution is 7.99. The van der Waals surface area contributed by atoms with Crippen LogP contribution in [0.3, 0.4) is 0 Å². The van der Waals surface area contributed by atoms with Crippen LogP contribution >= 0.6 is 11.8 Å². The Hall–Kier alpha value is -4.89. The van der Waals surface area contributed by atoms with Crippen LogP contribution in [-0.2, 0) is 11.4 Å². The third kappa shape index (κ3) is 7.40. The van der Waals surface area contributed by atoms with Gasteiger partial charge >= 0.3 is 0 Å². The molecule has 0 aliphatic carbocycles. The van der Waals surface area contributed by atoms with E-state index in [4.69, 9.17) is 9.47 Å². The van der Waals surface area contributed by atoms with Crippen LogP contribution in [0.2, 0.25) is 0 Å². The fourth-order valence-electron chi connectivity index (χ4n) is 3.98. The van der Waals surface area contributed by atoms with Crippen LogP contribution in [0.4, 0.5) is 0 Å². The Morgan fingerprint density at radius 2 is 1.71 bits per heavy atom.